The third-order valence-corrected chi connectivity index (χ3v) is 4.51. The Kier molecular flexibility index (Phi) is 5.34. The van der Waals surface area contributed by atoms with Gasteiger partial charge in [-0.3, -0.25) is 9.36 Å². The molecule has 0 aliphatic heterocycles. The fourth-order valence-electron chi connectivity index (χ4n) is 3.11. The number of nitrogens with one attached hydrogen (secondary N) is 1. The van der Waals surface area contributed by atoms with Gasteiger partial charge in [-0.1, -0.05) is 18.2 Å². The minimum absolute atomic E-state index is 0.0589. The number of nitrogens with zero attached hydrogens (tertiary/aromatic N) is 1. The number of alkyl halides is 3. The SMILES string of the molecule is CNCc1ccc(-n2c(=O)c(C(=O)OC)c(N)c3ccc(C(F)(F)F)cc32)cc1. The molecule has 0 fully saturated rings. The number of aromatic nitrogens is 1. The molecule has 1 aromatic heterocycles. The van der Waals surface area contributed by atoms with E-state index in [0.29, 0.717) is 12.2 Å². The maximum atomic E-state index is 13.3. The van der Waals surface area contributed by atoms with Gasteiger partial charge in [0.15, 0.2) is 0 Å². The van der Waals surface area contributed by atoms with E-state index in [1.54, 1.807) is 31.3 Å². The molecule has 0 bridgehead atoms. The van der Waals surface area contributed by atoms with Crippen LogP contribution in [0.1, 0.15) is 21.5 Å². The Morgan fingerprint density at radius 3 is 2.38 bits per heavy atom. The smallest absolute Gasteiger partial charge is 0.416 e. The number of carbonyl (C=O) groups is 1. The second kappa shape index (κ2) is 7.59. The predicted octanol–water partition coefficient (Wildman–Crippen LogP) is 3.10. The Morgan fingerprint density at radius 2 is 1.83 bits per heavy atom. The van der Waals surface area contributed by atoms with Crippen molar-refractivity contribution in [2.24, 2.45) is 0 Å². The number of esters is 1. The number of hydrogen-bond acceptors (Lipinski definition) is 5. The van der Waals surface area contributed by atoms with Crippen molar-refractivity contribution in [3.63, 3.8) is 0 Å². The molecule has 0 amide bonds. The van der Waals surface area contributed by atoms with E-state index < -0.39 is 28.8 Å². The van der Waals surface area contributed by atoms with Crippen LogP contribution in [0.5, 0.6) is 0 Å². The lowest BCUT2D eigenvalue weighted by atomic mass is 10.0. The summed E-state index contributed by atoms with van der Waals surface area (Å²) in [6.07, 6.45) is -4.61. The van der Waals surface area contributed by atoms with Gasteiger partial charge in [-0.2, -0.15) is 13.2 Å². The molecule has 0 radical (unpaired) electrons. The van der Waals surface area contributed by atoms with E-state index in [4.69, 9.17) is 5.73 Å². The molecule has 0 atom stereocenters. The number of methoxy groups -OCH3 is 1. The van der Waals surface area contributed by atoms with Crippen LogP contribution in [0.15, 0.2) is 47.3 Å². The monoisotopic (exact) mass is 405 g/mol. The van der Waals surface area contributed by atoms with Crippen LogP contribution in [0.2, 0.25) is 0 Å². The molecule has 3 N–H and O–H groups in total. The van der Waals surface area contributed by atoms with Gasteiger partial charge in [0.25, 0.3) is 5.56 Å². The van der Waals surface area contributed by atoms with Gasteiger partial charge in [0.2, 0.25) is 0 Å². The Bertz CT molecular complexity index is 1140. The highest BCUT2D eigenvalue weighted by molar-refractivity contribution is 6.04. The number of fused-ring (bicyclic) bond motifs is 1. The predicted molar refractivity (Wildman–Crippen MR) is 103 cm³/mol. The summed E-state index contributed by atoms with van der Waals surface area (Å²) in [4.78, 5) is 25.2. The van der Waals surface area contributed by atoms with Crippen LogP contribution in [0.25, 0.3) is 16.6 Å². The molecule has 2 aromatic carbocycles. The summed E-state index contributed by atoms with van der Waals surface area (Å²) in [6.45, 7) is 0.573. The highest BCUT2D eigenvalue weighted by atomic mass is 19.4. The molecule has 0 spiro atoms. The van der Waals surface area contributed by atoms with Gasteiger partial charge in [-0.25, -0.2) is 4.79 Å². The fraction of sp³-hybridized carbons (Fsp3) is 0.200. The summed E-state index contributed by atoms with van der Waals surface area (Å²) in [5.41, 5.74) is 4.66. The number of benzene rings is 2. The summed E-state index contributed by atoms with van der Waals surface area (Å²) in [5, 5.41) is 3.11. The van der Waals surface area contributed by atoms with Gasteiger partial charge < -0.3 is 15.8 Å². The second-order valence-corrected chi connectivity index (χ2v) is 6.35. The Labute approximate surface area is 163 Å². The molecule has 3 aromatic rings. The molecule has 3 rings (SSSR count). The third-order valence-electron chi connectivity index (χ3n) is 4.51. The minimum atomic E-state index is -4.61. The highest BCUT2D eigenvalue weighted by Crippen LogP contribution is 2.34. The van der Waals surface area contributed by atoms with Gasteiger partial charge in [0.05, 0.1) is 23.9 Å². The van der Waals surface area contributed by atoms with E-state index in [-0.39, 0.29) is 16.6 Å². The lowest BCUT2D eigenvalue weighted by Crippen LogP contribution is -2.28. The van der Waals surface area contributed by atoms with Gasteiger partial charge in [0, 0.05) is 17.6 Å². The Balaban J connectivity index is 2.40. The average molecular weight is 405 g/mol. The number of anilines is 1. The van der Waals surface area contributed by atoms with Crippen LogP contribution in [-0.4, -0.2) is 24.7 Å². The Morgan fingerprint density at radius 1 is 1.17 bits per heavy atom. The van der Waals surface area contributed by atoms with Crippen molar-refractivity contribution in [2.45, 2.75) is 12.7 Å². The summed E-state index contributed by atoms with van der Waals surface area (Å²) in [5.74, 6) is -0.963. The number of nitrogens with two attached hydrogens (primary N) is 1. The molecule has 0 saturated carbocycles. The quantitative estimate of drug-likeness (QED) is 0.652. The maximum absolute atomic E-state index is 13.3. The second-order valence-electron chi connectivity index (χ2n) is 6.35. The van der Waals surface area contributed by atoms with Crippen molar-refractivity contribution in [1.29, 1.82) is 0 Å². The molecular weight excluding hydrogens is 387 g/mol. The standard InChI is InChI=1S/C20H18F3N3O3/c1-25-10-11-3-6-13(7-4-11)26-15-9-12(20(21,22)23)5-8-14(15)17(24)16(18(26)27)19(28)29-2/h3-9,25H,10,24H2,1-2H3. The summed E-state index contributed by atoms with van der Waals surface area (Å²) in [6, 6.07) is 9.47. The first-order valence-electron chi connectivity index (χ1n) is 8.56. The largest absolute Gasteiger partial charge is 0.465 e. The van der Waals surface area contributed by atoms with Crippen molar-refractivity contribution < 1.29 is 22.7 Å². The van der Waals surface area contributed by atoms with Crippen molar-refractivity contribution in [1.82, 2.24) is 9.88 Å². The van der Waals surface area contributed by atoms with E-state index in [1.807, 2.05) is 0 Å². The summed E-state index contributed by atoms with van der Waals surface area (Å²) in [7, 11) is 2.86. The molecule has 0 aliphatic rings. The van der Waals surface area contributed by atoms with Gasteiger partial charge >= 0.3 is 12.1 Å². The average Bonchev–Trinajstić information content (AvgIpc) is 2.68. The van der Waals surface area contributed by atoms with E-state index in [9.17, 15) is 22.8 Å². The molecule has 9 heteroatoms. The molecule has 1 heterocycles. The number of rotatable bonds is 4. The van der Waals surface area contributed by atoms with Crippen molar-refractivity contribution >= 4 is 22.6 Å². The normalized spacial score (nSPS) is 11.6. The van der Waals surface area contributed by atoms with E-state index >= 15 is 0 Å². The van der Waals surface area contributed by atoms with E-state index in [0.717, 1.165) is 35.4 Å². The molecule has 29 heavy (non-hydrogen) atoms. The topological polar surface area (TPSA) is 86.3 Å². The van der Waals surface area contributed by atoms with Crippen LogP contribution in [-0.2, 0) is 17.5 Å². The Hall–Kier alpha value is -3.33. The molecule has 0 saturated heterocycles. The van der Waals surface area contributed by atoms with Crippen molar-refractivity contribution in [3.05, 3.63) is 69.5 Å². The lowest BCUT2D eigenvalue weighted by Gasteiger charge is -2.17. The van der Waals surface area contributed by atoms with Gasteiger partial charge in [-0.15, -0.1) is 0 Å². The van der Waals surface area contributed by atoms with Gasteiger partial charge in [0.1, 0.15) is 5.56 Å². The van der Waals surface area contributed by atoms with Gasteiger partial charge in [-0.05, 0) is 36.9 Å². The molecule has 0 unspecified atom stereocenters. The number of ether oxygens (including phenoxy) is 1. The molecule has 152 valence electrons. The van der Waals surface area contributed by atoms with Crippen LogP contribution >= 0.6 is 0 Å². The fourth-order valence-corrected chi connectivity index (χ4v) is 3.11. The highest BCUT2D eigenvalue weighted by Gasteiger charge is 2.32. The first kappa shape index (κ1) is 20.4. The van der Waals surface area contributed by atoms with Crippen molar-refractivity contribution in [2.75, 3.05) is 19.9 Å². The number of carbonyl (C=O) groups excluding carboxylic acids is 1. The molecule has 0 aliphatic carbocycles. The molecular formula is C20H18F3N3O3. The zero-order chi connectivity index (χ0) is 21.3. The lowest BCUT2D eigenvalue weighted by molar-refractivity contribution is -0.137. The maximum Gasteiger partial charge on any atom is 0.416 e. The first-order chi connectivity index (χ1) is 13.7. The first-order valence-corrected chi connectivity index (χ1v) is 8.56. The van der Waals surface area contributed by atoms with Crippen molar-refractivity contribution in [3.8, 4) is 5.69 Å². The third kappa shape index (κ3) is 3.68. The summed E-state index contributed by atoms with van der Waals surface area (Å²) < 4.78 is 45.4. The zero-order valence-electron chi connectivity index (χ0n) is 15.6. The summed E-state index contributed by atoms with van der Waals surface area (Å²) >= 11 is 0. The number of pyridine rings is 1. The van der Waals surface area contributed by atoms with E-state index in [1.165, 1.54) is 0 Å². The van der Waals surface area contributed by atoms with Crippen LogP contribution in [0, 0.1) is 0 Å². The molecule has 6 nitrogen and oxygen atoms in total. The number of nitrogen functional groups attached to an aromatic ring is 1. The minimum Gasteiger partial charge on any atom is -0.465 e. The van der Waals surface area contributed by atoms with Crippen LogP contribution in [0.4, 0.5) is 18.9 Å². The number of hydrogen-bond donors (Lipinski definition) is 2. The van der Waals surface area contributed by atoms with Crippen LogP contribution < -0.4 is 16.6 Å². The van der Waals surface area contributed by atoms with Crippen LogP contribution in [0.3, 0.4) is 0 Å². The zero-order valence-corrected chi connectivity index (χ0v) is 15.6. The van der Waals surface area contributed by atoms with E-state index in [2.05, 4.69) is 10.1 Å². The number of halogens is 3.